The molecule has 5 rings (SSSR count). The van der Waals surface area contributed by atoms with Crippen LogP contribution in [-0.4, -0.2) is 35.1 Å². The summed E-state index contributed by atoms with van der Waals surface area (Å²) in [5.41, 5.74) is 0.912. The average molecular weight is 568 g/mol. The molecule has 2 aromatic carbocycles. The number of aliphatic hydroxyl groups excluding tert-OH is 1. The Kier molecular flexibility index (Phi) is 6.42. The van der Waals surface area contributed by atoms with Gasteiger partial charge in [-0.3, -0.25) is 24.6 Å². The van der Waals surface area contributed by atoms with E-state index in [2.05, 4.69) is 4.98 Å². The van der Waals surface area contributed by atoms with E-state index < -0.39 is 32.5 Å². The Morgan fingerprint density at radius 2 is 1.76 bits per heavy atom. The smallest absolute Gasteiger partial charge is 0.301 e. The number of carbonyl (C=O) groups is 2. The molecule has 0 aliphatic carbocycles. The molecule has 13 heteroatoms. The van der Waals surface area contributed by atoms with Crippen LogP contribution in [0.5, 0.6) is 0 Å². The van der Waals surface area contributed by atoms with Gasteiger partial charge >= 0.3 is 5.91 Å². The van der Waals surface area contributed by atoms with E-state index in [-0.39, 0.29) is 31.3 Å². The van der Waals surface area contributed by atoms with Crippen molar-refractivity contribution in [2.45, 2.75) is 22.1 Å². The molecule has 1 N–H and O–H groups in total. The number of thiazole rings is 1. The van der Waals surface area contributed by atoms with Gasteiger partial charge in [-0.05, 0) is 30.5 Å². The number of sulfone groups is 1. The minimum absolute atomic E-state index is 0.0473. The van der Waals surface area contributed by atoms with Crippen molar-refractivity contribution in [3.8, 4) is 0 Å². The third-order valence-electron chi connectivity index (χ3n) is 5.88. The van der Waals surface area contributed by atoms with Gasteiger partial charge in [0.25, 0.3) is 11.5 Å². The van der Waals surface area contributed by atoms with E-state index in [9.17, 15) is 33.2 Å². The van der Waals surface area contributed by atoms with Crippen molar-refractivity contribution in [2.24, 2.45) is 0 Å². The topological polar surface area (TPSA) is 148 Å². The Labute approximate surface area is 224 Å². The fourth-order valence-electron chi connectivity index (χ4n) is 3.96. The number of non-ortho nitro benzene ring substituents is 1. The molecule has 2 aromatic heterocycles. The number of hydrogen-bond donors (Lipinski definition) is 1. The molecule has 1 fully saturated rings. The van der Waals surface area contributed by atoms with Crippen molar-refractivity contribution in [2.75, 3.05) is 4.90 Å². The van der Waals surface area contributed by atoms with E-state index in [1.807, 2.05) is 6.92 Å². The Morgan fingerprint density at radius 1 is 1.08 bits per heavy atom. The molecule has 0 bridgehead atoms. The number of aromatic nitrogens is 1. The Morgan fingerprint density at radius 3 is 2.37 bits per heavy atom. The van der Waals surface area contributed by atoms with Gasteiger partial charge in [0, 0.05) is 22.6 Å². The summed E-state index contributed by atoms with van der Waals surface area (Å²) in [5, 5.41) is 23.7. The number of nitro benzene ring substituents is 1. The summed E-state index contributed by atoms with van der Waals surface area (Å²) in [6, 6.07) is 13.6. The van der Waals surface area contributed by atoms with Crippen LogP contribution in [0.2, 0.25) is 0 Å². The Balaban J connectivity index is 1.59. The van der Waals surface area contributed by atoms with Crippen LogP contribution in [0.1, 0.15) is 22.0 Å². The van der Waals surface area contributed by atoms with Crippen molar-refractivity contribution in [1.82, 2.24) is 4.98 Å². The minimum atomic E-state index is -4.12. The number of ketones is 1. The quantitative estimate of drug-likeness (QED) is 0.114. The largest absolute Gasteiger partial charge is 0.507 e. The maximum Gasteiger partial charge on any atom is 0.301 e. The van der Waals surface area contributed by atoms with Gasteiger partial charge in [-0.25, -0.2) is 13.4 Å². The van der Waals surface area contributed by atoms with E-state index in [0.717, 1.165) is 40.9 Å². The maximum absolute atomic E-state index is 13.2. The highest BCUT2D eigenvalue weighted by Gasteiger charge is 2.48. The molecule has 1 aliphatic rings. The van der Waals surface area contributed by atoms with Gasteiger partial charge in [0.2, 0.25) is 9.84 Å². The van der Waals surface area contributed by atoms with E-state index in [4.69, 9.17) is 0 Å². The number of thiophene rings is 1. The zero-order valence-corrected chi connectivity index (χ0v) is 21.9. The zero-order chi connectivity index (χ0) is 27.2. The number of benzene rings is 2. The van der Waals surface area contributed by atoms with Gasteiger partial charge in [0.15, 0.2) is 5.13 Å². The van der Waals surface area contributed by atoms with Crippen LogP contribution >= 0.6 is 22.7 Å². The molecular weight excluding hydrogens is 550 g/mol. The number of Topliss-reactive ketones (excluding diaryl/α,β-unsaturated/α-hetero) is 1. The highest BCUT2D eigenvalue weighted by atomic mass is 32.2. The molecule has 1 saturated heterocycles. The second-order valence-electron chi connectivity index (χ2n) is 8.27. The van der Waals surface area contributed by atoms with Gasteiger partial charge in [-0.15, -0.1) is 11.3 Å². The third kappa shape index (κ3) is 4.30. The lowest BCUT2D eigenvalue weighted by Gasteiger charge is -2.21. The zero-order valence-electron chi connectivity index (χ0n) is 19.5. The van der Waals surface area contributed by atoms with Crippen molar-refractivity contribution in [3.63, 3.8) is 0 Å². The fraction of sp³-hybridized carbons (Fsp3) is 0.0800. The molecule has 192 valence electrons. The average Bonchev–Trinajstić information content (AvgIpc) is 3.65. The summed E-state index contributed by atoms with van der Waals surface area (Å²) >= 11 is 1.95. The van der Waals surface area contributed by atoms with Crippen LogP contribution in [0.25, 0.3) is 5.76 Å². The summed E-state index contributed by atoms with van der Waals surface area (Å²) < 4.78 is 26.1. The van der Waals surface area contributed by atoms with Crippen LogP contribution < -0.4 is 4.90 Å². The molecule has 1 unspecified atom stereocenters. The highest BCUT2D eigenvalue weighted by molar-refractivity contribution is 7.93. The lowest BCUT2D eigenvalue weighted by Crippen LogP contribution is -2.28. The van der Waals surface area contributed by atoms with E-state index >= 15 is 0 Å². The SMILES string of the molecule is Cc1ccc(/C(O)=C2/C(=O)C(=O)N(c3ncc(S(=O)(=O)c4ccc([N+](=O)[O-])cc4)s3)C2c2cccs2)cc1. The summed E-state index contributed by atoms with van der Waals surface area (Å²) in [7, 11) is -4.12. The number of rotatable bonds is 6. The lowest BCUT2D eigenvalue weighted by molar-refractivity contribution is -0.384. The number of nitro groups is 1. The van der Waals surface area contributed by atoms with Crippen LogP contribution in [0.15, 0.2) is 86.9 Å². The normalized spacial score (nSPS) is 17.2. The van der Waals surface area contributed by atoms with Crippen LogP contribution in [0.3, 0.4) is 0 Å². The molecular formula is C25H17N3O7S3. The molecule has 0 spiro atoms. The molecule has 0 radical (unpaired) electrons. The molecule has 1 amide bonds. The lowest BCUT2D eigenvalue weighted by atomic mass is 9.99. The molecule has 38 heavy (non-hydrogen) atoms. The number of aryl methyl sites for hydroxylation is 1. The van der Waals surface area contributed by atoms with E-state index in [1.54, 1.807) is 41.8 Å². The molecule has 1 aliphatic heterocycles. The standard InChI is InChI=1S/C25H17N3O7S3/c1-14-4-6-15(7-5-14)22(29)20-21(18-3-2-12-36-18)27(24(31)23(20)30)25-26-13-19(37-25)38(34,35)17-10-8-16(9-11-17)28(32)33/h2-13,21,29H,1H3/b22-20-. The van der Waals surface area contributed by atoms with E-state index in [1.165, 1.54) is 11.3 Å². The predicted molar refractivity (Wildman–Crippen MR) is 141 cm³/mol. The predicted octanol–water partition coefficient (Wildman–Crippen LogP) is 4.88. The second kappa shape index (κ2) is 9.59. The first-order valence-corrected chi connectivity index (χ1v) is 14.1. The van der Waals surface area contributed by atoms with Gasteiger partial charge < -0.3 is 5.11 Å². The first-order chi connectivity index (χ1) is 18.1. The van der Waals surface area contributed by atoms with Gasteiger partial charge in [-0.1, -0.05) is 47.2 Å². The van der Waals surface area contributed by atoms with Gasteiger partial charge in [0.05, 0.1) is 21.6 Å². The Bertz CT molecular complexity index is 1710. The van der Waals surface area contributed by atoms with Crippen molar-refractivity contribution < 1.29 is 28.0 Å². The number of hydrogen-bond acceptors (Lipinski definition) is 10. The fourth-order valence-corrected chi connectivity index (χ4v) is 7.33. The molecule has 10 nitrogen and oxygen atoms in total. The van der Waals surface area contributed by atoms with Crippen LogP contribution in [0, 0.1) is 17.0 Å². The first-order valence-electron chi connectivity index (χ1n) is 11.0. The molecule has 1 atom stereocenters. The second-order valence-corrected chi connectivity index (χ2v) is 12.4. The first kappa shape index (κ1) is 25.4. The van der Waals surface area contributed by atoms with Crippen molar-refractivity contribution in [1.29, 1.82) is 0 Å². The number of carbonyl (C=O) groups excluding carboxylic acids is 2. The van der Waals surface area contributed by atoms with Crippen molar-refractivity contribution >= 4 is 60.8 Å². The summed E-state index contributed by atoms with van der Waals surface area (Å²) in [4.78, 5) is 42.3. The maximum atomic E-state index is 13.2. The summed E-state index contributed by atoms with van der Waals surface area (Å²) in [5.74, 6) is -2.22. The number of anilines is 1. The van der Waals surface area contributed by atoms with Gasteiger partial charge in [0.1, 0.15) is 16.0 Å². The highest BCUT2D eigenvalue weighted by Crippen LogP contribution is 2.45. The van der Waals surface area contributed by atoms with Crippen molar-refractivity contribution in [3.05, 3.63) is 104 Å². The molecule has 4 aromatic rings. The number of nitrogens with zero attached hydrogens (tertiary/aromatic N) is 3. The third-order valence-corrected chi connectivity index (χ3v) is 10.0. The summed E-state index contributed by atoms with van der Waals surface area (Å²) in [6.07, 6.45) is 1.07. The monoisotopic (exact) mass is 567 g/mol. The number of aliphatic hydroxyl groups is 1. The number of amides is 1. The Hall–Kier alpha value is -4.20. The minimum Gasteiger partial charge on any atom is -0.507 e. The van der Waals surface area contributed by atoms with E-state index in [0.29, 0.717) is 21.8 Å². The molecule has 3 heterocycles. The van der Waals surface area contributed by atoms with Gasteiger partial charge in [-0.2, -0.15) is 0 Å². The van der Waals surface area contributed by atoms with Crippen LogP contribution in [0.4, 0.5) is 10.8 Å². The summed E-state index contributed by atoms with van der Waals surface area (Å²) in [6.45, 7) is 1.87. The molecule has 0 saturated carbocycles. The van der Waals surface area contributed by atoms with Crippen LogP contribution in [-0.2, 0) is 19.4 Å².